The van der Waals surface area contributed by atoms with E-state index in [1.54, 1.807) is 12.4 Å². The number of carbonyl (C=O) groups is 1. The minimum Gasteiger partial charge on any atom is -0.410 e. The van der Waals surface area contributed by atoms with Crippen molar-refractivity contribution in [1.29, 1.82) is 0 Å². The fourth-order valence-corrected chi connectivity index (χ4v) is 7.18. The molecule has 1 fully saturated rings. The normalized spacial score (nSPS) is 18.8. The van der Waals surface area contributed by atoms with Crippen molar-refractivity contribution in [3.8, 4) is 0 Å². The summed E-state index contributed by atoms with van der Waals surface area (Å²) in [6, 6.07) is 3.53. The molecule has 0 spiro atoms. The van der Waals surface area contributed by atoms with Gasteiger partial charge in [0.2, 0.25) is 5.91 Å². The molecule has 0 aromatic carbocycles. The first-order valence-electron chi connectivity index (χ1n) is 9.70. The van der Waals surface area contributed by atoms with Gasteiger partial charge in [0.05, 0.1) is 16.1 Å². The zero-order valence-electron chi connectivity index (χ0n) is 16.0. The Morgan fingerprint density at radius 1 is 1.23 bits per heavy atom. The molecule has 1 aromatic rings. The van der Waals surface area contributed by atoms with E-state index in [0.717, 1.165) is 49.4 Å². The molecule has 7 heteroatoms. The zero-order valence-corrected chi connectivity index (χ0v) is 18.5. The van der Waals surface area contributed by atoms with E-state index in [1.807, 2.05) is 0 Å². The molecule has 1 aliphatic heterocycles. The summed E-state index contributed by atoms with van der Waals surface area (Å²) in [6.45, 7) is 6.67. The van der Waals surface area contributed by atoms with Gasteiger partial charge in [-0.25, -0.2) is 0 Å². The summed E-state index contributed by atoms with van der Waals surface area (Å²) < 4.78 is 6.77. The Hall–Kier alpha value is -0.623. The maximum absolute atomic E-state index is 11.4. The fourth-order valence-electron chi connectivity index (χ4n) is 3.74. The molecule has 1 aromatic heterocycles. The smallest absolute Gasteiger partial charge is 0.220 e. The number of pyridine rings is 1. The first kappa shape index (κ1) is 21.7. The monoisotopic (exact) mass is 416 g/mol. The number of carbonyl (C=O) groups excluding carboxylic acids is 1. The largest absolute Gasteiger partial charge is 0.410 e. The van der Waals surface area contributed by atoms with Crippen LogP contribution >= 0.6 is 23.2 Å². The topological polar surface area (TPSA) is 51.2 Å². The second-order valence-corrected chi connectivity index (χ2v) is 12.6. The van der Waals surface area contributed by atoms with Crippen molar-refractivity contribution in [2.45, 2.75) is 83.2 Å². The van der Waals surface area contributed by atoms with Gasteiger partial charge in [0.25, 0.3) is 0 Å². The summed E-state index contributed by atoms with van der Waals surface area (Å²) in [7, 11) is -1.81. The summed E-state index contributed by atoms with van der Waals surface area (Å²) in [5, 5.41) is 4.18. The van der Waals surface area contributed by atoms with Gasteiger partial charge < -0.3 is 9.74 Å². The van der Waals surface area contributed by atoms with Crippen LogP contribution in [0.3, 0.4) is 0 Å². The fraction of sp³-hybridized carbons (Fsp3) is 0.684. The van der Waals surface area contributed by atoms with E-state index in [4.69, 9.17) is 27.6 Å². The number of nitrogens with one attached hydrogen (secondary N) is 1. The summed E-state index contributed by atoms with van der Waals surface area (Å²) in [6.07, 6.45) is 7.53. The lowest BCUT2D eigenvalue weighted by Crippen LogP contribution is -2.37. The van der Waals surface area contributed by atoms with Gasteiger partial charge in [0.1, 0.15) is 0 Å². The van der Waals surface area contributed by atoms with E-state index in [0.29, 0.717) is 16.5 Å². The van der Waals surface area contributed by atoms with Gasteiger partial charge in [-0.1, -0.05) is 44.0 Å². The molecular formula is C19H30Cl2N2O2Si. The molecule has 1 saturated heterocycles. The first-order chi connectivity index (χ1) is 12.4. The summed E-state index contributed by atoms with van der Waals surface area (Å²) in [5.41, 5.74) is 0.867. The van der Waals surface area contributed by atoms with Crippen LogP contribution < -0.4 is 5.32 Å². The van der Waals surface area contributed by atoms with Gasteiger partial charge in [0, 0.05) is 30.4 Å². The lowest BCUT2D eigenvalue weighted by Gasteiger charge is -2.34. The first-order valence-corrected chi connectivity index (χ1v) is 13.0. The van der Waals surface area contributed by atoms with E-state index in [2.05, 4.69) is 31.1 Å². The van der Waals surface area contributed by atoms with E-state index < -0.39 is 8.32 Å². The summed E-state index contributed by atoms with van der Waals surface area (Å²) >= 11 is 12.9. The SMILES string of the molecule is CC[Si](CC)(CC)OC(CCC[C@H]1CCC(=O)N1)c1c(Cl)cncc1Cl. The quantitative estimate of drug-likeness (QED) is 0.482. The maximum atomic E-state index is 11.4. The zero-order chi connectivity index (χ0) is 19.2. The maximum Gasteiger partial charge on any atom is 0.220 e. The summed E-state index contributed by atoms with van der Waals surface area (Å²) in [5.74, 6) is 0.164. The van der Waals surface area contributed by atoms with Crippen molar-refractivity contribution < 1.29 is 9.22 Å². The van der Waals surface area contributed by atoms with Gasteiger partial charge in [-0.15, -0.1) is 0 Å². The lowest BCUT2D eigenvalue weighted by molar-refractivity contribution is -0.119. The van der Waals surface area contributed by atoms with Crippen LogP contribution in [0.5, 0.6) is 0 Å². The number of halogens is 2. The lowest BCUT2D eigenvalue weighted by atomic mass is 10.0. The second-order valence-electron chi connectivity index (χ2n) is 7.10. The highest BCUT2D eigenvalue weighted by molar-refractivity contribution is 6.73. The molecule has 2 heterocycles. The number of rotatable bonds is 10. The highest BCUT2D eigenvalue weighted by Gasteiger charge is 2.34. The molecule has 2 atom stereocenters. The minimum absolute atomic E-state index is 0.110. The second kappa shape index (κ2) is 10.1. The van der Waals surface area contributed by atoms with Gasteiger partial charge in [-0.2, -0.15) is 0 Å². The van der Waals surface area contributed by atoms with Gasteiger partial charge in [0.15, 0.2) is 8.32 Å². The Kier molecular flexibility index (Phi) is 8.39. The molecule has 0 radical (unpaired) electrons. The third-order valence-electron chi connectivity index (χ3n) is 5.64. The van der Waals surface area contributed by atoms with E-state index in [1.165, 1.54) is 0 Å². The molecule has 0 saturated carbocycles. The number of amides is 1. The molecule has 146 valence electrons. The predicted molar refractivity (Wildman–Crippen MR) is 110 cm³/mol. The molecule has 0 bridgehead atoms. The average Bonchev–Trinajstić information content (AvgIpc) is 3.04. The Bertz CT molecular complexity index is 583. The van der Waals surface area contributed by atoms with Crippen molar-refractivity contribution in [1.82, 2.24) is 10.3 Å². The number of nitrogens with zero attached hydrogens (tertiary/aromatic N) is 1. The summed E-state index contributed by atoms with van der Waals surface area (Å²) in [4.78, 5) is 15.5. The van der Waals surface area contributed by atoms with Crippen LogP contribution in [0.1, 0.15) is 64.5 Å². The Balaban J connectivity index is 2.14. The Morgan fingerprint density at radius 2 is 1.85 bits per heavy atom. The van der Waals surface area contributed by atoms with Crippen molar-refractivity contribution in [3.05, 3.63) is 28.0 Å². The Labute approximate surface area is 168 Å². The van der Waals surface area contributed by atoms with Crippen LogP contribution in [0.4, 0.5) is 0 Å². The number of hydrogen-bond donors (Lipinski definition) is 1. The third kappa shape index (κ3) is 5.44. The average molecular weight is 417 g/mol. The van der Waals surface area contributed by atoms with Crippen molar-refractivity contribution in [2.24, 2.45) is 0 Å². The van der Waals surface area contributed by atoms with Crippen LogP contribution in [-0.2, 0) is 9.22 Å². The number of hydrogen-bond acceptors (Lipinski definition) is 3. The van der Waals surface area contributed by atoms with Crippen LogP contribution in [0.25, 0.3) is 0 Å². The highest BCUT2D eigenvalue weighted by atomic mass is 35.5. The molecule has 2 rings (SSSR count). The molecule has 4 nitrogen and oxygen atoms in total. The van der Waals surface area contributed by atoms with Crippen molar-refractivity contribution in [3.63, 3.8) is 0 Å². The molecular weight excluding hydrogens is 387 g/mol. The van der Waals surface area contributed by atoms with Crippen LogP contribution in [0, 0.1) is 0 Å². The van der Waals surface area contributed by atoms with Crippen LogP contribution in [0.2, 0.25) is 28.2 Å². The predicted octanol–water partition coefficient (Wildman–Crippen LogP) is 5.90. The van der Waals surface area contributed by atoms with Crippen molar-refractivity contribution in [2.75, 3.05) is 0 Å². The molecule has 0 aliphatic carbocycles. The van der Waals surface area contributed by atoms with Crippen LogP contribution in [-0.4, -0.2) is 25.3 Å². The van der Waals surface area contributed by atoms with Gasteiger partial charge in [-0.3, -0.25) is 9.78 Å². The van der Waals surface area contributed by atoms with E-state index >= 15 is 0 Å². The molecule has 1 aliphatic rings. The highest BCUT2D eigenvalue weighted by Crippen LogP contribution is 2.39. The third-order valence-corrected chi connectivity index (χ3v) is 10.9. The van der Waals surface area contributed by atoms with E-state index in [9.17, 15) is 4.79 Å². The molecule has 26 heavy (non-hydrogen) atoms. The standard InChI is InChI=1S/C19H30Cl2N2O2Si/c1-4-26(5-2,6-3)25-17(19-15(20)12-22-13-16(19)21)9-7-8-14-10-11-18(24)23-14/h12-14,17H,4-11H2,1-3H3,(H,23,24)/t14-,17?/m0/s1. The molecule has 1 unspecified atom stereocenters. The van der Waals surface area contributed by atoms with Gasteiger partial charge >= 0.3 is 0 Å². The minimum atomic E-state index is -1.81. The van der Waals surface area contributed by atoms with Gasteiger partial charge in [-0.05, 0) is 43.8 Å². The number of aromatic nitrogens is 1. The van der Waals surface area contributed by atoms with Crippen molar-refractivity contribution >= 4 is 37.4 Å². The Morgan fingerprint density at radius 3 is 2.35 bits per heavy atom. The molecule has 1 N–H and O–H groups in total. The van der Waals surface area contributed by atoms with E-state index in [-0.39, 0.29) is 18.1 Å². The van der Waals surface area contributed by atoms with Crippen LogP contribution in [0.15, 0.2) is 12.4 Å². The molecule has 1 amide bonds.